The Morgan fingerprint density at radius 3 is 2.76 bits per heavy atom. The number of carbonyl (C=O) groups is 1. The summed E-state index contributed by atoms with van der Waals surface area (Å²) in [6, 6.07) is 5.14. The summed E-state index contributed by atoms with van der Waals surface area (Å²) in [5, 5.41) is 3.99. The van der Waals surface area contributed by atoms with Crippen LogP contribution in [-0.2, 0) is 0 Å². The lowest BCUT2D eigenvalue weighted by molar-refractivity contribution is -0.0399. The van der Waals surface area contributed by atoms with Gasteiger partial charge in [0.1, 0.15) is 0 Å². The molecular weight excluding hydrogens is 298 g/mol. The number of fused-ring (bicyclic) bond motifs is 1. The molecule has 2 N–H and O–H groups in total. The van der Waals surface area contributed by atoms with Crippen molar-refractivity contribution in [3.63, 3.8) is 0 Å². The van der Waals surface area contributed by atoms with Gasteiger partial charge in [-0.2, -0.15) is 0 Å². The van der Waals surface area contributed by atoms with Crippen molar-refractivity contribution in [3.8, 4) is 0 Å². The van der Waals surface area contributed by atoms with Crippen molar-refractivity contribution < 1.29 is 13.6 Å². The van der Waals surface area contributed by atoms with Crippen molar-refractivity contribution in [2.75, 3.05) is 0 Å². The Balaban J connectivity index is 1.76. The van der Waals surface area contributed by atoms with Crippen molar-refractivity contribution in [1.82, 2.24) is 10.3 Å². The van der Waals surface area contributed by atoms with Gasteiger partial charge in [-0.25, -0.2) is 8.78 Å². The number of benzene rings is 1. The van der Waals surface area contributed by atoms with Crippen LogP contribution >= 0.6 is 11.6 Å². The zero-order chi connectivity index (χ0) is 15.0. The first-order valence-corrected chi connectivity index (χ1v) is 7.28. The summed E-state index contributed by atoms with van der Waals surface area (Å²) in [7, 11) is 0. The van der Waals surface area contributed by atoms with Gasteiger partial charge in [-0.3, -0.25) is 4.79 Å². The number of amides is 1. The molecule has 1 aliphatic rings. The second kappa shape index (κ2) is 5.30. The maximum atomic E-state index is 13.1. The SMILES string of the molecule is O=C(NC1CCC(F)(F)CC1)c1c[nH]c2cccc(Cl)c12. The second-order valence-corrected chi connectivity index (χ2v) is 5.88. The number of nitrogens with one attached hydrogen (secondary N) is 2. The highest BCUT2D eigenvalue weighted by Crippen LogP contribution is 2.33. The molecule has 1 fully saturated rings. The van der Waals surface area contributed by atoms with Gasteiger partial charge in [0.25, 0.3) is 5.91 Å². The third-order valence-corrected chi connectivity index (χ3v) is 4.27. The predicted molar refractivity (Wildman–Crippen MR) is 78.0 cm³/mol. The lowest BCUT2D eigenvalue weighted by Crippen LogP contribution is -2.40. The lowest BCUT2D eigenvalue weighted by atomic mass is 9.92. The van der Waals surface area contributed by atoms with Gasteiger partial charge in [0.15, 0.2) is 0 Å². The molecule has 1 heterocycles. The number of H-pyrrole nitrogens is 1. The molecule has 0 saturated heterocycles. The Kier molecular flexibility index (Phi) is 3.61. The van der Waals surface area contributed by atoms with Gasteiger partial charge >= 0.3 is 0 Å². The third-order valence-electron chi connectivity index (χ3n) is 3.95. The van der Waals surface area contributed by atoms with E-state index in [1.165, 1.54) is 0 Å². The lowest BCUT2D eigenvalue weighted by Gasteiger charge is -2.28. The van der Waals surface area contributed by atoms with Gasteiger partial charge < -0.3 is 10.3 Å². The zero-order valence-electron chi connectivity index (χ0n) is 11.3. The Labute approximate surface area is 125 Å². The smallest absolute Gasteiger partial charge is 0.253 e. The van der Waals surface area contributed by atoms with E-state index in [2.05, 4.69) is 10.3 Å². The predicted octanol–water partition coefficient (Wildman–Crippen LogP) is 4.13. The van der Waals surface area contributed by atoms with E-state index in [1.54, 1.807) is 18.3 Å². The molecule has 21 heavy (non-hydrogen) atoms. The van der Waals surface area contributed by atoms with Crippen molar-refractivity contribution in [1.29, 1.82) is 0 Å². The van der Waals surface area contributed by atoms with Crippen LogP contribution in [0.15, 0.2) is 24.4 Å². The van der Waals surface area contributed by atoms with E-state index in [4.69, 9.17) is 11.6 Å². The summed E-state index contributed by atoms with van der Waals surface area (Å²) < 4.78 is 26.2. The molecular formula is C15H15ClF2N2O. The van der Waals surface area contributed by atoms with Crippen LogP contribution in [0, 0.1) is 0 Å². The summed E-state index contributed by atoms with van der Waals surface area (Å²) in [6.45, 7) is 0. The zero-order valence-corrected chi connectivity index (χ0v) is 12.0. The summed E-state index contributed by atoms with van der Waals surface area (Å²) in [5.41, 5.74) is 1.23. The standard InChI is InChI=1S/C15H15ClF2N2O/c16-11-2-1-3-12-13(11)10(8-19-12)14(21)20-9-4-6-15(17,18)7-5-9/h1-3,8-9,19H,4-7H2,(H,20,21). The van der Waals surface area contributed by atoms with Crippen LogP contribution in [0.5, 0.6) is 0 Å². The highest BCUT2D eigenvalue weighted by Gasteiger charge is 2.35. The molecule has 6 heteroatoms. The van der Waals surface area contributed by atoms with Gasteiger partial charge in [0, 0.05) is 36.0 Å². The normalized spacial score (nSPS) is 18.8. The number of rotatable bonds is 2. The quantitative estimate of drug-likeness (QED) is 0.860. The molecule has 0 radical (unpaired) electrons. The Hall–Kier alpha value is -1.62. The van der Waals surface area contributed by atoms with Crippen LogP contribution in [-0.4, -0.2) is 22.9 Å². The minimum absolute atomic E-state index is 0.174. The van der Waals surface area contributed by atoms with Crippen LogP contribution in [0.3, 0.4) is 0 Å². The van der Waals surface area contributed by atoms with E-state index in [-0.39, 0.29) is 24.8 Å². The average molecular weight is 313 g/mol. The number of hydrogen-bond donors (Lipinski definition) is 2. The summed E-state index contributed by atoms with van der Waals surface area (Å²) in [4.78, 5) is 15.3. The number of aromatic amines is 1. The largest absolute Gasteiger partial charge is 0.360 e. The van der Waals surface area contributed by atoms with Crippen LogP contribution in [0.2, 0.25) is 5.02 Å². The molecule has 112 valence electrons. The third kappa shape index (κ3) is 2.88. The van der Waals surface area contributed by atoms with Crippen LogP contribution < -0.4 is 5.32 Å². The van der Waals surface area contributed by atoms with E-state index < -0.39 is 5.92 Å². The highest BCUT2D eigenvalue weighted by molar-refractivity contribution is 6.36. The Bertz CT molecular complexity index is 673. The minimum atomic E-state index is -2.59. The molecule has 1 amide bonds. The Morgan fingerprint density at radius 2 is 2.05 bits per heavy atom. The van der Waals surface area contributed by atoms with E-state index in [0.717, 1.165) is 5.52 Å². The topological polar surface area (TPSA) is 44.9 Å². The number of alkyl halides is 2. The molecule has 1 aliphatic carbocycles. The van der Waals surface area contributed by atoms with Crippen molar-refractivity contribution >= 4 is 28.4 Å². The maximum Gasteiger partial charge on any atom is 0.253 e. The van der Waals surface area contributed by atoms with Gasteiger partial charge in [-0.1, -0.05) is 17.7 Å². The highest BCUT2D eigenvalue weighted by atomic mass is 35.5. The van der Waals surface area contributed by atoms with Crippen LogP contribution in [0.25, 0.3) is 10.9 Å². The molecule has 0 unspecified atom stereocenters. The molecule has 0 bridgehead atoms. The number of hydrogen-bond acceptors (Lipinski definition) is 1. The Morgan fingerprint density at radius 1 is 1.33 bits per heavy atom. The molecule has 3 nitrogen and oxygen atoms in total. The number of carbonyl (C=O) groups excluding carboxylic acids is 1. The van der Waals surface area contributed by atoms with E-state index in [0.29, 0.717) is 28.8 Å². The second-order valence-electron chi connectivity index (χ2n) is 5.47. The number of halogens is 3. The van der Waals surface area contributed by atoms with E-state index in [1.807, 2.05) is 6.07 Å². The van der Waals surface area contributed by atoms with Gasteiger partial charge in [0.2, 0.25) is 5.92 Å². The van der Waals surface area contributed by atoms with Crippen molar-refractivity contribution in [3.05, 3.63) is 35.0 Å². The molecule has 1 saturated carbocycles. The molecule has 0 aliphatic heterocycles. The van der Waals surface area contributed by atoms with E-state index in [9.17, 15) is 13.6 Å². The fourth-order valence-electron chi connectivity index (χ4n) is 2.77. The van der Waals surface area contributed by atoms with Crippen molar-refractivity contribution in [2.45, 2.75) is 37.6 Å². The fraction of sp³-hybridized carbons (Fsp3) is 0.400. The molecule has 1 aromatic carbocycles. The monoisotopic (exact) mass is 312 g/mol. The molecule has 0 atom stereocenters. The molecule has 3 rings (SSSR count). The molecule has 1 aromatic heterocycles. The van der Waals surface area contributed by atoms with Gasteiger partial charge in [-0.15, -0.1) is 0 Å². The number of aromatic nitrogens is 1. The molecule has 0 spiro atoms. The summed E-state index contributed by atoms with van der Waals surface area (Å²) >= 11 is 6.13. The van der Waals surface area contributed by atoms with Gasteiger partial charge in [0.05, 0.1) is 10.6 Å². The first-order chi connectivity index (χ1) is 9.96. The fourth-order valence-corrected chi connectivity index (χ4v) is 3.04. The van der Waals surface area contributed by atoms with Crippen LogP contribution in [0.4, 0.5) is 8.78 Å². The van der Waals surface area contributed by atoms with Crippen LogP contribution in [0.1, 0.15) is 36.0 Å². The van der Waals surface area contributed by atoms with Crippen molar-refractivity contribution in [2.24, 2.45) is 0 Å². The minimum Gasteiger partial charge on any atom is -0.360 e. The summed E-state index contributed by atoms with van der Waals surface area (Å²) in [6.07, 6.45) is 1.85. The first-order valence-electron chi connectivity index (χ1n) is 6.90. The van der Waals surface area contributed by atoms with Gasteiger partial charge in [-0.05, 0) is 25.0 Å². The molecule has 2 aromatic rings. The maximum absolute atomic E-state index is 13.1. The summed E-state index contributed by atoms with van der Waals surface area (Å²) in [5.74, 6) is -2.87. The average Bonchev–Trinajstić information content (AvgIpc) is 2.87. The van der Waals surface area contributed by atoms with E-state index >= 15 is 0 Å². The first kappa shape index (κ1) is 14.3.